The number of hydrogen-bond donors (Lipinski definition) is 0. The number of carbonyl (C=O) groups excluding carboxylic acids is 1. The number of ether oxygens (including phenoxy) is 1. The van der Waals surface area contributed by atoms with Gasteiger partial charge in [0.05, 0.1) is 30.1 Å². The van der Waals surface area contributed by atoms with Gasteiger partial charge in [0.15, 0.2) is 12.8 Å². The van der Waals surface area contributed by atoms with E-state index in [2.05, 4.69) is 9.97 Å². The van der Waals surface area contributed by atoms with Crippen molar-refractivity contribution in [1.29, 1.82) is 0 Å². The minimum absolute atomic E-state index is 0.0530. The first kappa shape index (κ1) is 16.7. The molecule has 2 atom stereocenters. The topological polar surface area (TPSA) is 84.8 Å². The fourth-order valence-corrected chi connectivity index (χ4v) is 2.93. The van der Waals surface area contributed by atoms with E-state index in [4.69, 9.17) is 13.6 Å². The molecule has 130 valence electrons. The van der Waals surface area contributed by atoms with Crippen molar-refractivity contribution >= 4 is 5.91 Å². The molecular formula is C16H22N4O4. The third kappa shape index (κ3) is 4.42. The van der Waals surface area contributed by atoms with Gasteiger partial charge in [0.1, 0.15) is 12.5 Å². The Morgan fingerprint density at radius 3 is 2.12 bits per heavy atom. The minimum Gasteiger partial charge on any atom is -0.451 e. The summed E-state index contributed by atoms with van der Waals surface area (Å²) in [4.78, 5) is 24.8. The number of amides is 1. The highest BCUT2D eigenvalue weighted by atomic mass is 16.5. The quantitative estimate of drug-likeness (QED) is 0.787. The summed E-state index contributed by atoms with van der Waals surface area (Å²) in [5.41, 5.74) is 1.55. The molecule has 1 saturated heterocycles. The number of morpholine rings is 1. The molecule has 8 heteroatoms. The molecule has 0 spiro atoms. The first-order chi connectivity index (χ1) is 11.6. The van der Waals surface area contributed by atoms with E-state index in [9.17, 15) is 4.79 Å². The molecule has 1 aliphatic heterocycles. The molecule has 3 heterocycles. The summed E-state index contributed by atoms with van der Waals surface area (Å²) in [6, 6.07) is 0. The zero-order valence-electron chi connectivity index (χ0n) is 13.9. The van der Waals surface area contributed by atoms with Crippen LogP contribution < -0.4 is 0 Å². The van der Waals surface area contributed by atoms with Crippen LogP contribution >= 0.6 is 0 Å². The summed E-state index contributed by atoms with van der Waals surface area (Å²) < 4.78 is 15.7. The lowest BCUT2D eigenvalue weighted by Gasteiger charge is -2.36. The molecule has 2 aromatic heterocycles. The van der Waals surface area contributed by atoms with Crippen molar-refractivity contribution in [3.05, 3.63) is 36.7 Å². The molecule has 8 nitrogen and oxygen atoms in total. The second-order valence-electron chi connectivity index (χ2n) is 6.16. The van der Waals surface area contributed by atoms with Gasteiger partial charge in [-0.1, -0.05) is 0 Å². The lowest BCUT2D eigenvalue weighted by Crippen LogP contribution is -2.50. The van der Waals surface area contributed by atoms with Crippen molar-refractivity contribution in [1.82, 2.24) is 19.8 Å². The molecule has 1 aliphatic rings. The zero-order chi connectivity index (χ0) is 16.9. The molecule has 3 rings (SSSR count). The predicted octanol–water partition coefficient (Wildman–Crippen LogP) is 1.30. The Morgan fingerprint density at radius 1 is 1.12 bits per heavy atom. The van der Waals surface area contributed by atoms with Crippen LogP contribution in [0.15, 0.2) is 34.1 Å². The van der Waals surface area contributed by atoms with Gasteiger partial charge in [-0.2, -0.15) is 0 Å². The summed E-state index contributed by atoms with van der Waals surface area (Å²) in [7, 11) is 0. The maximum atomic E-state index is 12.7. The molecular weight excluding hydrogens is 312 g/mol. The first-order valence-corrected chi connectivity index (χ1v) is 8.00. The fraction of sp³-hybridized carbons (Fsp3) is 0.562. The predicted molar refractivity (Wildman–Crippen MR) is 83.7 cm³/mol. The Labute approximate surface area is 140 Å². The summed E-state index contributed by atoms with van der Waals surface area (Å²) in [6.07, 6.45) is 6.04. The Balaban J connectivity index is 1.64. The molecule has 1 amide bonds. The Bertz CT molecular complexity index is 582. The van der Waals surface area contributed by atoms with E-state index >= 15 is 0 Å². The van der Waals surface area contributed by atoms with Crippen molar-refractivity contribution < 1.29 is 18.4 Å². The van der Waals surface area contributed by atoms with Gasteiger partial charge in [-0.25, -0.2) is 9.97 Å². The maximum Gasteiger partial charge on any atom is 0.236 e. The monoisotopic (exact) mass is 334 g/mol. The largest absolute Gasteiger partial charge is 0.451 e. The van der Waals surface area contributed by atoms with Crippen LogP contribution in [0.4, 0.5) is 0 Å². The van der Waals surface area contributed by atoms with Crippen LogP contribution in [-0.2, 0) is 22.6 Å². The molecule has 0 aliphatic carbocycles. The van der Waals surface area contributed by atoms with Crippen molar-refractivity contribution in [2.45, 2.75) is 39.1 Å². The van der Waals surface area contributed by atoms with Gasteiger partial charge in [0.2, 0.25) is 5.91 Å². The molecule has 0 unspecified atom stereocenters. The lowest BCUT2D eigenvalue weighted by molar-refractivity contribution is -0.144. The third-order valence-electron chi connectivity index (χ3n) is 3.87. The van der Waals surface area contributed by atoms with Gasteiger partial charge in [-0.05, 0) is 13.8 Å². The van der Waals surface area contributed by atoms with E-state index in [1.54, 1.807) is 12.5 Å². The standard InChI is InChI=1S/C16H22N4O4/c1-12-3-20(4-13(2)24-12)16(21)7-19(5-14-8-22-10-17-14)6-15-9-23-11-18-15/h8-13H,3-7H2,1-2H3/t12-,13+. The maximum absolute atomic E-state index is 12.7. The molecule has 0 bridgehead atoms. The minimum atomic E-state index is 0.0530. The molecule has 1 fully saturated rings. The third-order valence-corrected chi connectivity index (χ3v) is 3.87. The molecule has 0 saturated carbocycles. The Kier molecular flexibility index (Phi) is 5.27. The van der Waals surface area contributed by atoms with Crippen LogP contribution in [0.1, 0.15) is 25.2 Å². The second-order valence-corrected chi connectivity index (χ2v) is 6.16. The van der Waals surface area contributed by atoms with E-state index < -0.39 is 0 Å². The van der Waals surface area contributed by atoms with E-state index in [1.165, 1.54) is 12.8 Å². The summed E-state index contributed by atoms with van der Waals surface area (Å²) in [5.74, 6) is 0.0731. The number of carbonyl (C=O) groups is 1. The Hall–Kier alpha value is -2.19. The van der Waals surface area contributed by atoms with E-state index in [1.807, 2.05) is 23.6 Å². The lowest BCUT2D eigenvalue weighted by atomic mass is 10.2. The summed E-state index contributed by atoms with van der Waals surface area (Å²) in [6.45, 7) is 6.49. The van der Waals surface area contributed by atoms with Gasteiger partial charge < -0.3 is 18.5 Å². The van der Waals surface area contributed by atoms with E-state index in [0.717, 1.165) is 11.4 Å². The van der Waals surface area contributed by atoms with E-state index in [-0.39, 0.29) is 24.7 Å². The fourth-order valence-electron chi connectivity index (χ4n) is 2.93. The normalized spacial score (nSPS) is 21.4. The van der Waals surface area contributed by atoms with Crippen molar-refractivity contribution in [3.63, 3.8) is 0 Å². The number of rotatable bonds is 6. The van der Waals surface area contributed by atoms with Gasteiger partial charge in [-0.3, -0.25) is 9.69 Å². The van der Waals surface area contributed by atoms with Crippen LogP contribution in [0.2, 0.25) is 0 Å². The van der Waals surface area contributed by atoms with Gasteiger partial charge >= 0.3 is 0 Å². The number of aromatic nitrogens is 2. The summed E-state index contributed by atoms with van der Waals surface area (Å²) >= 11 is 0. The van der Waals surface area contributed by atoms with Crippen LogP contribution in [0, 0.1) is 0 Å². The average molecular weight is 334 g/mol. The highest BCUT2D eigenvalue weighted by Gasteiger charge is 2.27. The molecule has 24 heavy (non-hydrogen) atoms. The number of nitrogens with zero attached hydrogens (tertiary/aromatic N) is 4. The van der Waals surface area contributed by atoms with Crippen LogP contribution in [0.25, 0.3) is 0 Å². The second kappa shape index (κ2) is 7.59. The van der Waals surface area contributed by atoms with Crippen LogP contribution in [0.5, 0.6) is 0 Å². The summed E-state index contributed by atoms with van der Waals surface area (Å²) in [5, 5.41) is 0. The number of oxazole rings is 2. The Morgan fingerprint density at radius 2 is 1.67 bits per heavy atom. The van der Waals surface area contributed by atoms with Gasteiger partial charge in [0.25, 0.3) is 0 Å². The number of hydrogen-bond acceptors (Lipinski definition) is 7. The van der Waals surface area contributed by atoms with Crippen LogP contribution in [0.3, 0.4) is 0 Å². The van der Waals surface area contributed by atoms with Crippen LogP contribution in [-0.4, -0.2) is 57.5 Å². The highest BCUT2D eigenvalue weighted by Crippen LogP contribution is 2.13. The molecule has 0 radical (unpaired) electrons. The molecule has 0 aromatic carbocycles. The van der Waals surface area contributed by atoms with Crippen molar-refractivity contribution in [3.8, 4) is 0 Å². The molecule has 2 aromatic rings. The zero-order valence-corrected chi connectivity index (χ0v) is 13.9. The van der Waals surface area contributed by atoms with Crippen molar-refractivity contribution in [2.24, 2.45) is 0 Å². The van der Waals surface area contributed by atoms with Gasteiger partial charge in [0, 0.05) is 26.2 Å². The van der Waals surface area contributed by atoms with Gasteiger partial charge in [-0.15, -0.1) is 0 Å². The first-order valence-electron chi connectivity index (χ1n) is 8.00. The van der Waals surface area contributed by atoms with E-state index in [0.29, 0.717) is 26.2 Å². The van der Waals surface area contributed by atoms with Crippen molar-refractivity contribution in [2.75, 3.05) is 19.6 Å². The average Bonchev–Trinajstić information content (AvgIpc) is 3.20. The smallest absolute Gasteiger partial charge is 0.236 e. The molecule has 0 N–H and O–H groups in total. The highest BCUT2D eigenvalue weighted by molar-refractivity contribution is 5.78. The SMILES string of the molecule is C[C@@H]1CN(C(=O)CN(Cc2cocn2)Cc2cocn2)C[C@H](C)O1.